The van der Waals surface area contributed by atoms with E-state index in [1.165, 1.54) is 6.07 Å². The molecule has 12 nitrogen and oxygen atoms in total. The van der Waals surface area contributed by atoms with Gasteiger partial charge in [0.2, 0.25) is 0 Å². The van der Waals surface area contributed by atoms with E-state index in [4.69, 9.17) is 14.5 Å². The number of anilines is 2. The molecule has 0 atom stereocenters. The Morgan fingerprint density at radius 3 is 2.44 bits per heavy atom. The maximum atomic E-state index is 15.5. The molecule has 48 heavy (non-hydrogen) atoms. The average Bonchev–Trinajstić information content (AvgIpc) is 3.62. The van der Waals surface area contributed by atoms with Gasteiger partial charge in [-0.2, -0.15) is 5.10 Å². The van der Waals surface area contributed by atoms with Crippen LogP contribution in [0.2, 0.25) is 25.7 Å². The summed E-state index contributed by atoms with van der Waals surface area (Å²) in [5.41, 5.74) is 3.02. The monoisotopic (exact) mass is 676 g/mol. The number of halogens is 1. The number of fused-ring (bicyclic) bond motifs is 1. The number of hydrogen-bond donors (Lipinski definition) is 1. The summed E-state index contributed by atoms with van der Waals surface area (Å²) >= 11 is 0. The van der Waals surface area contributed by atoms with Gasteiger partial charge in [0, 0.05) is 70.3 Å². The molecule has 6 rings (SSSR count). The molecule has 1 saturated carbocycles. The van der Waals surface area contributed by atoms with Crippen LogP contribution in [0.3, 0.4) is 0 Å². The molecule has 1 aromatic carbocycles. The van der Waals surface area contributed by atoms with E-state index < -0.39 is 25.6 Å². The highest BCUT2D eigenvalue weighted by molar-refractivity contribution is 6.76. The normalized spacial score (nSPS) is 15.6. The fourth-order valence-corrected chi connectivity index (χ4v) is 6.22. The first-order chi connectivity index (χ1) is 22.7. The van der Waals surface area contributed by atoms with Crippen molar-refractivity contribution < 1.29 is 23.5 Å². The number of hydrogen-bond acceptors (Lipinski definition) is 8. The molecule has 4 aromatic rings. The summed E-state index contributed by atoms with van der Waals surface area (Å²) in [6, 6.07) is 5.49. The lowest BCUT2D eigenvalue weighted by molar-refractivity contribution is 0.0141. The second-order valence-corrected chi connectivity index (χ2v) is 20.4. The number of benzene rings is 1. The van der Waals surface area contributed by atoms with E-state index in [0.717, 1.165) is 35.8 Å². The van der Waals surface area contributed by atoms with E-state index in [2.05, 4.69) is 35.0 Å². The van der Waals surface area contributed by atoms with Gasteiger partial charge in [-0.15, -0.1) is 0 Å². The highest BCUT2D eigenvalue weighted by Gasteiger charge is 2.30. The number of rotatable bonds is 10. The summed E-state index contributed by atoms with van der Waals surface area (Å²) in [6.07, 6.45) is 9.20. The SMILES string of the molecule is CC(C)(C)OC(=O)N1CCN(C(=O)c2ccc(Nc3nc(C4CC4)cn4c(-c5cnn(COCC[Si](C)(C)C)c5)cnc34)c(F)c2)CC1. The van der Waals surface area contributed by atoms with Crippen molar-refractivity contribution in [2.75, 3.05) is 38.1 Å². The standard InChI is InChI=1S/C34H45FN8O4Si/c1-34(2,3)47-33(45)41-13-11-40(12-14-41)32(44)24-9-10-27(26(35)17-24)38-30-31-36-19-29(43(31)21-28(39-30)23-7-8-23)25-18-37-42(20-25)22-46-15-16-48(4,5)6/h9-10,17-21,23H,7-8,11-16,22H2,1-6H3,(H,38,39). The molecule has 0 unspecified atom stereocenters. The summed E-state index contributed by atoms with van der Waals surface area (Å²) in [5, 5.41) is 7.64. The highest BCUT2D eigenvalue weighted by atomic mass is 28.3. The maximum Gasteiger partial charge on any atom is 0.410 e. The second-order valence-electron chi connectivity index (χ2n) is 14.8. The molecule has 1 aliphatic heterocycles. The van der Waals surface area contributed by atoms with Crippen molar-refractivity contribution in [2.45, 2.75) is 77.5 Å². The summed E-state index contributed by atoms with van der Waals surface area (Å²) in [4.78, 5) is 38.4. The fraction of sp³-hybridized carbons (Fsp3) is 0.500. The first-order valence-corrected chi connectivity index (χ1v) is 20.3. The molecule has 2 aliphatic rings. The maximum absolute atomic E-state index is 15.5. The van der Waals surface area contributed by atoms with Crippen molar-refractivity contribution >= 4 is 37.2 Å². The number of nitrogens with zero attached hydrogens (tertiary/aromatic N) is 7. The molecular weight excluding hydrogens is 632 g/mol. The Morgan fingerprint density at radius 1 is 1.04 bits per heavy atom. The largest absolute Gasteiger partial charge is 0.444 e. The van der Waals surface area contributed by atoms with Crippen LogP contribution in [0.5, 0.6) is 0 Å². The molecule has 0 spiro atoms. The average molecular weight is 677 g/mol. The molecule has 1 N–H and O–H groups in total. The van der Waals surface area contributed by atoms with Gasteiger partial charge in [0.25, 0.3) is 5.91 Å². The lowest BCUT2D eigenvalue weighted by Gasteiger charge is -2.35. The Hall–Kier alpha value is -4.30. The van der Waals surface area contributed by atoms with E-state index in [1.807, 2.05) is 37.6 Å². The van der Waals surface area contributed by atoms with Gasteiger partial charge in [-0.05, 0) is 57.9 Å². The zero-order valence-corrected chi connectivity index (χ0v) is 29.6. The van der Waals surface area contributed by atoms with Gasteiger partial charge in [0.05, 0.1) is 29.5 Å². The van der Waals surface area contributed by atoms with Gasteiger partial charge in [0.15, 0.2) is 11.5 Å². The Labute approximate surface area is 281 Å². The van der Waals surface area contributed by atoms with Gasteiger partial charge >= 0.3 is 6.09 Å². The predicted octanol–water partition coefficient (Wildman–Crippen LogP) is 6.36. The Kier molecular flexibility index (Phi) is 9.31. The van der Waals surface area contributed by atoms with Gasteiger partial charge in [0.1, 0.15) is 18.1 Å². The van der Waals surface area contributed by atoms with Gasteiger partial charge in [-0.25, -0.2) is 23.8 Å². The molecule has 256 valence electrons. The number of carbonyl (C=O) groups excluding carboxylic acids is 2. The zero-order chi connectivity index (χ0) is 34.2. The van der Waals surface area contributed by atoms with Crippen LogP contribution in [-0.4, -0.2) is 92.4 Å². The van der Waals surface area contributed by atoms with Crippen LogP contribution in [0.25, 0.3) is 16.9 Å². The molecule has 0 radical (unpaired) electrons. The topological polar surface area (TPSA) is 119 Å². The summed E-state index contributed by atoms with van der Waals surface area (Å²) in [6.45, 7) is 14.9. The number of carbonyl (C=O) groups is 2. The molecule has 4 heterocycles. The second kappa shape index (κ2) is 13.3. The molecule has 1 saturated heterocycles. The van der Waals surface area contributed by atoms with E-state index >= 15 is 4.39 Å². The molecule has 3 aromatic heterocycles. The number of imidazole rings is 1. The van der Waals surface area contributed by atoms with E-state index in [-0.39, 0.29) is 17.2 Å². The van der Waals surface area contributed by atoms with Crippen molar-refractivity contribution in [1.82, 2.24) is 33.9 Å². The number of amides is 2. The van der Waals surface area contributed by atoms with E-state index in [1.54, 1.807) is 39.0 Å². The smallest absolute Gasteiger partial charge is 0.410 e. The van der Waals surface area contributed by atoms with Crippen LogP contribution < -0.4 is 5.32 Å². The van der Waals surface area contributed by atoms with E-state index in [9.17, 15) is 9.59 Å². The lowest BCUT2D eigenvalue weighted by atomic mass is 10.1. The van der Waals surface area contributed by atoms with Crippen LogP contribution in [-0.2, 0) is 16.2 Å². The van der Waals surface area contributed by atoms with Crippen LogP contribution in [0.15, 0.2) is 43.0 Å². The number of aromatic nitrogens is 5. The van der Waals surface area contributed by atoms with Gasteiger partial charge in [-0.1, -0.05) is 19.6 Å². The number of ether oxygens (including phenoxy) is 2. The van der Waals surface area contributed by atoms with Crippen molar-refractivity contribution in [1.29, 1.82) is 0 Å². The van der Waals surface area contributed by atoms with Crippen LogP contribution in [0, 0.1) is 5.82 Å². The van der Waals surface area contributed by atoms with Gasteiger partial charge < -0.3 is 24.6 Å². The molecule has 1 aliphatic carbocycles. The Balaban J connectivity index is 1.15. The molecular formula is C34H45FN8O4Si. The number of nitrogens with one attached hydrogen (secondary N) is 1. The summed E-state index contributed by atoms with van der Waals surface area (Å²) in [5.74, 6) is -0.0927. The minimum Gasteiger partial charge on any atom is -0.444 e. The quantitative estimate of drug-likeness (QED) is 0.152. The molecule has 2 fully saturated rings. The van der Waals surface area contributed by atoms with Crippen LogP contribution in [0.4, 0.5) is 20.7 Å². The number of piperazine rings is 1. The van der Waals surface area contributed by atoms with Crippen molar-refractivity contribution in [2.24, 2.45) is 0 Å². The Bertz CT molecular complexity index is 1800. The van der Waals surface area contributed by atoms with Crippen LogP contribution in [0.1, 0.15) is 55.6 Å². The molecule has 0 bridgehead atoms. The minimum atomic E-state index is -1.17. The highest BCUT2D eigenvalue weighted by Crippen LogP contribution is 2.40. The van der Waals surface area contributed by atoms with Crippen molar-refractivity contribution in [3.05, 3.63) is 60.1 Å². The first-order valence-electron chi connectivity index (χ1n) is 16.6. The minimum absolute atomic E-state index is 0.191. The third-order valence-corrected chi connectivity index (χ3v) is 10.0. The predicted molar refractivity (Wildman–Crippen MR) is 184 cm³/mol. The Morgan fingerprint density at radius 2 is 1.77 bits per heavy atom. The lowest BCUT2D eigenvalue weighted by Crippen LogP contribution is -2.51. The first kappa shape index (κ1) is 33.6. The van der Waals surface area contributed by atoms with Gasteiger partial charge in [-0.3, -0.25) is 9.20 Å². The molecule has 2 amide bonds. The van der Waals surface area contributed by atoms with Crippen molar-refractivity contribution in [3.8, 4) is 11.3 Å². The third-order valence-electron chi connectivity index (χ3n) is 8.34. The third kappa shape index (κ3) is 8.04. The summed E-state index contributed by atoms with van der Waals surface area (Å²) in [7, 11) is -1.17. The summed E-state index contributed by atoms with van der Waals surface area (Å²) < 4.78 is 30.6. The fourth-order valence-electron chi connectivity index (χ4n) is 5.46. The van der Waals surface area contributed by atoms with E-state index in [0.29, 0.717) is 56.9 Å². The van der Waals surface area contributed by atoms with Crippen LogP contribution >= 0.6 is 0 Å². The van der Waals surface area contributed by atoms with Crippen molar-refractivity contribution in [3.63, 3.8) is 0 Å². The zero-order valence-electron chi connectivity index (χ0n) is 28.6. The molecule has 14 heteroatoms.